The molecule has 1 aliphatic heterocycles. The van der Waals surface area contributed by atoms with Crippen LogP contribution in [-0.2, 0) is 24.3 Å². The van der Waals surface area contributed by atoms with Crippen molar-refractivity contribution < 1.29 is 32.2 Å². The number of rotatable bonds is 6. The fraction of sp³-hybridized carbons (Fsp3) is 0.440. The molecule has 0 atom stereocenters. The van der Waals surface area contributed by atoms with Crippen molar-refractivity contribution in [2.24, 2.45) is 0 Å². The molecule has 35 heavy (non-hydrogen) atoms. The van der Waals surface area contributed by atoms with Gasteiger partial charge in [-0.3, -0.25) is 4.79 Å². The number of likely N-dealkylation sites (tertiary alicyclic amines) is 1. The van der Waals surface area contributed by atoms with Gasteiger partial charge in [-0.25, -0.2) is 13.2 Å². The van der Waals surface area contributed by atoms with Crippen LogP contribution in [0, 0.1) is 0 Å². The first kappa shape index (κ1) is 26.5. The molecule has 2 aromatic carbocycles. The summed E-state index contributed by atoms with van der Waals surface area (Å²) in [6.07, 6.45) is -0.391. The molecular weight excluding hydrogens is 472 g/mol. The van der Waals surface area contributed by atoms with Gasteiger partial charge in [0.1, 0.15) is 16.9 Å². The molecule has 1 saturated heterocycles. The number of hydrogen-bond acceptors (Lipinski definition) is 7. The van der Waals surface area contributed by atoms with Crippen molar-refractivity contribution in [3.8, 4) is 16.9 Å². The molecular formula is C25H32N2O7S. The predicted octanol–water partition coefficient (Wildman–Crippen LogP) is 3.58. The van der Waals surface area contributed by atoms with Gasteiger partial charge >= 0.3 is 12.1 Å². The Hall–Kier alpha value is -3.11. The summed E-state index contributed by atoms with van der Waals surface area (Å²) in [5, 5.41) is 0. The van der Waals surface area contributed by atoms with Gasteiger partial charge in [-0.15, -0.1) is 0 Å². The van der Waals surface area contributed by atoms with E-state index in [2.05, 4.69) is 4.72 Å². The molecule has 1 fully saturated rings. The molecule has 1 N–H and O–H groups in total. The van der Waals surface area contributed by atoms with Gasteiger partial charge < -0.3 is 19.1 Å². The van der Waals surface area contributed by atoms with Crippen LogP contribution in [0.3, 0.4) is 0 Å². The van der Waals surface area contributed by atoms with Gasteiger partial charge in [0, 0.05) is 13.1 Å². The number of ether oxygens (including phenoxy) is 3. The Morgan fingerprint density at radius 2 is 1.43 bits per heavy atom. The molecule has 1 aliphatic rings. The zero-order valence-corrected chi connectivity index (χ0v) is 21.5. The molecule has 190 valence electrons. The van der Waals surface area contributed by atoms with Gasteiger partial charge in [0.25, 0.3) is 0 Å². The Morgan fingerprint density at radius 1 is 0.914 bits per heavy atom. The lowest BCUT2D eigenvalue weighted by atomic mass is 9.89. The highest BCUT2D eigenvalue weighted by molar-refractivity contribution is 7.89. The van der Waals surface area contributed by atoms with Crippen LogP contribution in [0.2, 0.25) is 0 Å². The fourth-order valence-corrected chi connectivity index (χ4v) is 5.28. The second kappa shape index (κ2) is 10.2. The summed E-state index contributed by atoms with van der Waals surface area (Å²) >= 11 is 0. The maximum atomic E-state index is 13.2. The summed E-state index contributed by atoms with van der Waals surface area (Å²) in [5.41, 5.74) is -0.405. The summed E-state index contributed by atoms with van der Waals surface area (Å²) in [6.45, 7) is 5.58. The number of carbonyl (C=O) groups is 2. The number of methoxy groups -OCH3 is 2. The second-order valence-corrected chi connectivity index (χ2v) is 11.1. The number of hydrogen-bond donors (Lipinski definition) is 1. The minimum absolute atomic E-state index is 0.0209. The van der Waals surface area contributed by atoms with Gasteiger partial charge in [-0.2, -0.15) is 4.72 Å². The molecule has 0 aromatic heterocycles. The molecule has 0 bridgehead atoms. The molecule has 2 aromatic rings. The minimum Gasteiger partial charge on any atom is -0.497 e. The SMILES string of the molecule is COC(=O)C1(NS(=O)(=O)c2ccc(-c3ccc(OC)cc3)cc2)CCN(C(=O)OC(C)(C)C)CC1. The molecule has 0 spiro atoms. The monoisotopic (exact) mass is 504 g/mol. The zero-order valence-electron chi connectivity index (χ0n) is 20.7. The Kier molecular flexibility index (Phi) is 7.76. The van der Waals surface area contributed by atoms with E-state index in [1.807, 2.05) is 24.3 Å². The summed E-state index contributed by atoms with van der Waals surface area (Å²) in [7, 11) is -1.26. The van der Waals surface area contributed by atoms with Gasteiger partial charge in [0.15, 0.2) is 0 Å². The summed E-state index contributed by atoms with van der Waals surface area (Å²) in [5.74, 6) is 0.0303. The van der Waals surface area contributed by atoms with Crippen molar-refractivity contribution in [1.82, 2.24) is 9.62 Å². The van der Waals surface area contributed by atoms with Crippen LogP contribution in [0.15, 0.2) is 53.4 Å². The smallest absolute Gasteiger partial charge is 0.410 e. The highest BCUT2D eigenvalue weighted by atomic mass is 32.2. The van der Waals surface area contributed by atoms with Crippen molar-refractivity contribution in [3.05, 3.63) is 48.5 Å². The molecule has 3 rings (SSSR count). The molecule has 9 nitrogen and oxygen atoms in total. The third-order valence-electron chi connectivity index (χ3n) is 5.76. The number of benzene rings is 2. The quantitative estimate of drug-likeness (QED) is 0.599. The summed E-state index contributed by atoms with van der Waals surface area (Å²) in [4.78, 5) is 26.6. The van der Waals surface area contributed by atoms with Gasteiger partial charge in [0.05, 0.1) is 19.1 Å². The Labute approximate surface area is 206 Å². The van der Waals surface area contributed by atoms with Crippen molar-refractivity contribution in [2.75, 3.05) is 27.3 Å². The van der Waals surface area contributed by atoms with Crippen molar-refractivity contribution >= 4 is 22.1 Å². The van der Waals surface area contributed by atoms with Crippen LogP contribution in [0.5, 0.6) is 5.75 Å². The van der Waals surface area contributed by atoms with E-state index in [4.69, 9.17) is 14.2 Å². The number of sulfonamides is 1. The Balaban J connectivity index is 1.77. The first-order valence-electron chi connectivity index (χ1n) is 11.2. The standard InChI is InChI=1S/C25H32N2O7S/c1-24(2,3)34-23(29)27-16-14-25(15-17-27,22(28)33-5)26-35(30,31)21-12-8-19(9-13-21)18-6-10-20(32-4)11-7-18/h6-13,26H,14-17H2,1-5H3. The first-order valence-corrected chi connectivity index (χ1v) is 12.7. The largest absolute Gasteiger partial charge is 0.497 e. The third kappa shape index (κ3) is 6.32. The minimum atomic E-state index is -4.06. The lowest BCUT2D eigenvalue weighted by Gasteiger charge is -2.40. The number of nitrogens with zero attached hydrogens (tertiary/aromatic N) is 1. The van der Waals surface area contributed by atoms with Crippen LogP contribution in [0.1, 0.15) is 33.6 Å². The third-order valence-corrected chi connectivity index (χ3v) is 7.31. The van der Waals surface area contributed by atoms with Gasteiger partial charge in [-0.1, -0.05) is 24.3 Å². The molecule has 0 radical (unpaired) electrons. The number of piperidine rings is 1. The lowest BCUT2D eigenvalue weighted by molar-refractivity contribution is -0.149. The van der Waals surface area contributed by atoms with Crippen molar-refractivity contribution in [1.29, 1.82) is 0 Å². The number of amides is 1. The van der Waals surface area contributed by atoms with E-state index in [1.54, 1.807) is 40.0 Å². The topological polar surface area (TPSA) is 111 Å². The number of nitrogens with one attached hydrogen (secondary N) is 1. The molecule has 10 heteroatoms. The molecule has 0 unspecified atom stereocenters. The molecule has 1 heterocycles. The van der Waals surface area contributed by atoms with E-state index in [9.17, 15) is 18.0 Å². The average molecular weight is 505 g/mol. The van der Waals surface area contributed by atoms with Crippen molar-refractivity contribution in [2.45, 2.75) is 49.6 Å². The van der Waals surface area contributed by atoms with Gasteiger partial charge in [0.2, 0.25) is 10.0 Å². The average Bonchev–Trinajstić information content (AvgIpc) is 2.82. The van der Waals surface area contributed by atoms with Crippen molar-refractivity contribution in [3.63, 3.8) is 0 Å². The van der Waals surface area contributed by atoms with E-state index >= 15 is 0 Å². The fourth-order valence-electron chi connectivity index (χ4n) is 3.87. The van der Waals surface area contributed by atoms with Crippen LogP contribution < -0.4 is 9.46 Å². The predicted molar refractivity (Wildman–Crippen MR) is 131 cm³/mol. The van der Waals surface area contributed by atoms with Crippen LogP contribution >= 0.6 is 0 Å². The van der Waals surface area contributed by atoms with Gasteiger partial charge in [-0.05, 0) is 69.0 Å². The first-order chi connectivity index (χ1) is 16.4. The Bertz CT molecular complexity index is 1150. The maximum absolute atomic E-state index is 13.2. The van der Waals surface area contributed by atoms with E-state index in [0.717, 1.165) is 16.9 Å². The molecule has 0 saturated carbocycles. The highest BCUT2D eigenvalue weighted by Gasteiger charge is 2.47. The number of esters is 1. The second-order valence-electron chi connectivity index (χ2n) is 9.40. The highest BCUT2D eigenvalue weighted by Crippen LogP contribution is 2.29. The normalized spacial score (nSPS) is 15.9. The zero-order chi connectivity index (χ0) is 25.9. The van der Waals surface area contributed by atoms with E-state index < -0.39 is 33.2 Å². The molecule has 0 aliphatic carbocycles. The van der Waals surface area contributed by atoms with Crippen LogP contribution in [-0.4, -0.2) is 63.8 Å². The Morgan fingerprint density at radius 3 is 1.89 bits per heavy atom. The van der Waals surface area contributed by atoms with E-state index in [-0.39, 0.29) is 30.8 Å². The summed E-state index contributed by atoms with van der Waals surface area (Å²) in [6, 6.07) is 13.8. The van der Waals surface area contributed by atoms with E-state index in [0.29, 0.717) is 0 Å². The lowest BCUT2D eigenvalue weighted by Crippen LogP contribution is -2.61. The maximum Gasteiger partial charge on any atom is 0.410 e. The van der Waals surface area contributed by atoms with E-state index in [1.165, 1.54) is 24.1 Å². The molecule has 1 amide bonds. The van der Waals surface area contributed by atoms with Crippen LogP contribution in [0.4, 0.5) is 4.79 Å². The van der Waals surface area contributed by atoms with Crippen LogP contribution in [0.25, 0.3) is 11.1 Å². The summed E-state index contributed by atoms with van der Waals surface area (Å²) < 4.78 is 44.5. The number of carbonyl (C=O) groups excluding carboxylic acids is 2.